The standard InChI is InChI=1S/C10H11F3N4/c1-6-16-8-7(2-3-15-9(8)17-6)4-14-5-10(11,12)13/h2-3,14H,4-5H2,1H3,(H,15,16,17). The predicted molar refractivity (Wildman–Crippen MR) is 56.4 cm³/mol. The highest BCUT2D eigenvalue weighted by atomic mass is 19.4. The molecule has 0 atom stereocenters. The normalized spacial score (nSPS) is 12.2. The van der Waals surface area contributed by atoms with Crippen LogP contribution in [0.3, 0.4) is 0 Å². The van der Waals surface area contributed by atoms with Crippen molar-refractivity contribution < 1.29 is 13.2 Å². The second-order valence-corrected chi connectivity index (χ2v) is 3.71. The third kappa shape index (κ3) is 2.94. The summed E-state index contributed by atoms with van der Waals surface area (Å²) in [7, 11) is 0. The van der Waals surface area contributed by atoms with Crippen molar-refractivity contribution in [2.45, 2.75) is 19.6 Å². The lowest BCUT2D eigenvalue weighted by Crippen LogP contribution is -2.28. The first-order chi connectivity index (χ1) is 7.96. The number of nitrogens with one attached hydrogen (secondary N) is 2. The van der Waals surface area contributed by atoms with Gasteiger partial charge in [-0.25, -0.2) is 9.97 Å². The van der Waals surface area contributed by atoms with Crippen molar-refractivity contribution in [3.63, 3.8) is 0 Å². The highest BCUT2D eigenvalue weighted by Gasteiger charge is 2.26. The van der Waals surface area contributed by atoms with Gasteiger partial charge in [0.05, 0.1) is 12.1 Å². The molecular formula is C10H11F3N4. The number of halogens is 3. The zero-order chi connectivity index (χ0) is 12.5. The third-order valence-electron chi connectivity index (χ3n) is 2.24. The van der Waals surface area contributed by atoms with Crippen LogP contribution in [-0.2, 0) is 6.54 Å². The fourth-order valence-corrected chi connectivity index (χ4v) is 1.56. The largest absolute Gasteiger partial charge is 0.401 e. The van der Waals surface area contributed by atoms with E-state index in [0.717, 1.165) is 5.56 Å². The van der Waals surface area contributed by atoms with Crippen molar-refractivity contribution in [3.8, 4) is 0 Å². The molecule has 4 nitrogen and oxygen atoms in total. The summed E-state index contributed by atoms with van der Waals surface area (Å²) in [6.45, 7) is 0.888. The van der Waals surface area contributed by atoms with Crippen molar-refractivity contribution in [3.05, 3.63) is 23.7 Å². The minimum atomic E-state index is -4.20. The predicted octanol–water partition coefficient (Wildman–Crippen LogP) is 1.92. The Morgan fingerprint density at radius 1 is 1.41 bits per heavy atom. The highest BCUT2D eigenvalue weighted by Crippen LogP contribution is 2.15. The Hall–Kier alpha value is -1.63. The van der Waals surface area contributed by atoms with Crippen LogP contribution in [0.15, 0.2) is 12.3 Å². The Balaban J connectivity index is 2.13. The van der Waals surface area contributed by atoms with Gasteiger partial charge in [0.25, 0.3) is 0 Å². The van der Waals surface area contributed by atoms with E-state index in [9.17, 15) is 13.2 Å². The van der Waals surface area contributed by atoms with Crippen LogP contribution in [0.5, 0.6) is 0 Å². The number of pyridine rings is 1. The molecule has 0 aliphatic heterocycles. The number of nitrogens with zero attached hydrogens (tertiary/aromatic N) is 2. The number of hydrogen-bond donors (Lipinski definition) is 2. The first-order valence-corrected chi connectivity index (χ1v) is 5.03. The van der Waals surface area contributed by atoms with Gasteiger partial charge in [-0.3, -0.25) is 0 Å². The second kappa shape index (κ2) is 4.33. The minimum absolute atomic E-state index is 0.125. The zero-order valence-electron chi connectivity index (χ0n) is 9.10. The van der Waals surface area contributed by atoms with Gasteiger partial charge >= 0.3 is 6.18 Å². The van der Waals surface area contributed by atoms with Gasteiger partial charge in [-0.2, -0.15) is 13.2 Å². The molecule has 2 aromatic rings. The van der Waals surface area contributed by atoms with Gasteiger partial charge < -0.3 is 10.3 Å². The number of aromatic amines is 1. The van der Waals surface area contributed by atoms with Crippen molar-refractivity contribution in [2.75, 3.05) is 6.54 Å². The van der Waals surface area contributed by atoms with E-state index in [-0.39, 0.29) is 6.54 Å². The number of aryl methyl sites for hydroxylation is 1. The molecule has 0 aliphatic carbocycles. The van der Waals surface area contributed by atoms with Gasteiger partial charge in [0.1, 0.15) is 5.82 Å². The molecular weight excluding hydrogens is 233 g/mol. The Morgan fingerprint density at radius 3 is 2.88 bits per heavy atom. The number of hydrogen-bond acceptors (Lipinski definition) is 3. The summed E-state index contributed by atoms with van der Waals surface area (Å²) in [5.74, 6) is 0.691. The maximum Gasteiger partial charge on any atom is 0.401 e. The maximum atomic E-state index is 12.0. The van der Waals surface area contributed by atoms with Crippen molar-refractivity contribution in [2.24, 2.45) is 0 Å². The molecule has 0 aliphatic rings. The molecule has 0 spiro atoms. The van der Waals surface area contributed by atoms with Crippen molar-refractivity contribution in [1.82, 2.24) is 20.3 Å². The average molecular weight is 244 g/mol. The Kier molecular flexibility index (Phi) is 3.01. The van der Waals surface area contributed by atoms with E-state index in [1.54, 1.807) is 13.0 Å². The highest BCUT2D eigenvalue weighted by molar-refractivity contribution is 5.74. The van der Waals surface area contributed by atoms with E-state index in [0.29, 0.717) is 17.0 Å². The molecule has 2 rings (SSSR count). The molecule has 0 saturated heterocycles. The molecule has 0 amide bonds. The van der Waals surface area contributed by atoms with Crippen LogP contribution in [0.25, 0.3) is 11.2 Å². The minimum Gasteiger partial charge on any atom is -0.341 e. The van der Waals surface area contributed by atoms with Gasteiger partial charge in [-0.1, -0.05) is 0 Å². The first-order valence-electron chi connectivity index (χ1n) is 5.03. The molecule has 0 unspecified atom stereocenters. The molecule has 7 heteroatoms. The van der Waals surface area contributed by atoms with E-state index in [1.165, 1.54) is 6.20 Å². The molecule has 0 fully saturated rings. The molecule has 0 radical (unpaired) electrons. The van der Waals surface area contributed by atoms with Gasteiger partial charge in [0, 0.05) is 12.7 Å². The lowest BCUT2D eigenvalue weighted by Gasteiger charge is -2.08. The van der Waals surface area contributed by atoms with Gasteiger partial charge in [0.15, 0.2) is 5.65 Å². The second-order valence-electron chi connectivity index (χ2n) is 3.71. The summed E-state index contributed by atoms with van der Waals surface area (Å²) in [6, 6.07) is 1.67. The van der Waals surface area contributed by atoms with E-state index < -0.39 is 12.7 Å². The number of H-pyrrole nitrogens is 1. The molecule has 0 saturated carbocycles. The zero-order valence-corrected chi connectivity index (χ0v) is 9.10. The van der Waals surface area contributed by atoms with Crippen LogP contribution in [0.4, 0.5) is 13.2 Å². The Labute approximate surface area is 95.3 Å². The van der Waals surface area contributed by atoms with Crippen LogP contribution in [-0.4, -0.2) is 27.7 Å². The van der Waals surface area contributed by atoms with Gasteiger partial charge in [-0.15, -0.1) is 0 Å². The Morgan fingerprint density at radius 2 is 2.18 bits per heavy atom. The van der Waals surface area contributed by atoms with Gasteiger partial charge in [0.2, 0.25) is 0 Å². The molecule has 2 heterocycles. The lowest BCUT2D eigenvalue weighted by molar-refractivity contribution is -0.125. The summed E-state index contributed by atoms with van der Waals surface area (Å²) in [5, 5.41) is 2.34. The van der Waals surface area contributed by atoms with Crippen LogP contribution in [0, 0.1) is 6.92 Å². The fourth-order valence-electron chi connectivity index (χ4n) is 1.56. The molecule has 2 N–H and O–H groups in total. The average Bonchev–Trinajstić information content (AvgIpc) is 2.57. The summed E-state index contributed by atoms with van der Waals surface area (Å²) >= 11 is 0. The maximum absolute atomic E-state index is 12.0. The summed E-state index contributed by atoms with van der Waals surface area (Å²) in [6.07, 6.45) is -2.66. The van der Waals surface area contributed by atoms with E-state index in [4.69, 9.17) is 0 Å². The number of alkyl halides is 3. The molecule has 0 aromatic carbocycles. The summed E-state index contributed by atoms with van der Waals surface area (Å²) < 4.78 is 35.9. The molecule has 2 aromatic heterocycles. The monoisotopic (exact) mass is 244 g/mol. The number of imidazole rings is 1. The Bertz CT molecular complexity index is 518. The van der Waals surface area contributed by atoms with E-state index in [2.05, 4.69) is 20.3 Å². The third-order valence-corrected chi connectivity index (χ3v) is 2.24. The number of fused-ring (bicyclic) bond motifs is 1. The first kappa shape index (κ1) is 11.8. The van der Waals surface area contributed by atoms with E-state index in [1.807, 2.05) is 0 Å². The number of rotatable bonds is 3. The smallest absolute Gasteiger partial charge is 0.341 e. The van der Waals surface area contributed by atoms with Crippen LogP contribution in [0.1, 0.15) is 11.4 Å². The number of aromatic nitrogens is 3. The van der Waals surface area contributed by atoms with Crippen LogP contribution >= 0.6 is 0 Å². The lowest BCUT2D eigenvalue weighted by atomic mass is 10.2. The SMILES string of the molecule is Cc1nc2nccc(CNCC(F)(F)F)c2[nH]1. The quantitative estimate of drug-likeness (QED) is 0.867. The molecule has 0 bridgehead atoms. The molecule has 92 valence electrons. The van der Waals surface area contributed by atoms with E-state index >= 15 is 0 Å². The van der Waals surface area contributed by atoms with Crippen LogP contribution < -0.4 is 5.32 Å². The van der Waals surface area contributed by atoms with Crippen LogP contribution in [0.2, 0.25) is 0 Å². The fraction of sp³-hybridized carbons (Fsp3) is 0.400. The summed E-state index contributed by atoms with van der Waals surface area (Å²) in [5.41, 5.74) is 1.92. The van der Waals surface area contributed by atoms with Gasteiger partial charge in [-0.05, 0) is 18.6 Å². The topological polar surface area (TPSA) is 53.6 Å². The molecule has 17 heavy (non-hydrogen) atoms. The summed E-state index contributed by atoms with van der Waals surface area (Å²) in [4.78, 5) is 11.1. The van der Waals surface area contributed by atoms with Crippen molar-refractivity contribution in [1.29, 1.82) is 0 Å². The van der Waals surface area contributed by atoms with Crippen molar-refractivity contribution >= 4 is 11.2 Å².